The third-order valence-electron chi connectivity index (χ3n) is 3.80. The molecule has 1 heterocycles. The molecule has 5 nitrogen and oxygen atoms in total. The lowest BCUT2D eigenvalue weighted by Crippen LogP contribution is -2.25. The van der Waals surface area contributed by atoms with Crippen LogP contribution in [0.1, 0.15) is 44.4 Å². The van der Waals surface area contributed by atoms with E-state index in [-0.39, 0.29) is 6.61 Å². The first-order chi connectivity index (χ1) is 11.3. The monoisotopic (exact) mass is 320 g/mol. The molecule has 1 aromatic rings. The van der Waals surface area contributed by atoms with Gasteiger partial charge < -0.3 is 15.3 Å². The van der Waals surface area contributed by atoms with Gasteiger partial charge in [-0.15, -0.1) is 0 Å². The summed E-state index contributed by atoms with van der Waals surface area (Å²) in [7, 11) is 0. The number of aliphatic hydroxyl groups excluding tert-OH is 1. The Hall–Kier alpha value is -1.30. The Morgan fingerprint density at radius 2 is 2.09 bits per heavy atom. The van der Waals surface area contributed by atoms with Crippen LogP contribution in [-0.2, 0) is 6.54 Å². The minimum Gasteiger partial charge on any atom is -0.396 e. The van der Waals surface area contributed by atoms with Gasteiger partial charge in [0.25, 0.3) is 0 Å². The molecule has 0 bridgehead atoms. The van der Waals surface area contributed by atoms with Crippen LogP contribution in [0.3, 0.4) is 0 Å². The smallest absolute Gasteiger partial charge is 0.0548 e. The van der Waals surface area contributed by atoms with E-state index in [1.54, 1.807) is 0 Å². The fourth-order valence-corrected chi connectivity index (χ4v) is 2.35. The van der Waals surface area contributed by atoms with E-state index in [0.29, 0.717) is 13.0 Å². The van der Waals surface area contributed by atoms with E-state index in [1.807, 2.05) is 18.5 Å². The van der Waals surface area contributed by atoms with Crippen LogP contribution < -0.4 is 5.32 Å². The Labute approximate surface area is 140 Å². The number of hydrogen-bond donors (Lipinski definition) is 2. The van der Waals surface area contributed by atoms with Gasteiger partial charge in [0.05, 0.1) is 5.69 Å². The highest BCUT2D eigenvalue weighted by atomic mass is 16.3. The van der Waals surface area contributed by atoms with E-state index >= 15 is 0 Å². The fourth-order valence-electron chi connectivity index (χ4n) is 2.35. The number of hydrogen-bond acceptors (Lipinski definition) is 5. The predicted molar refractivity (Wildman–Crippen MR) is 97.1 cm³/mol. The number of nitrogens with one attached hydrogen (secondary N) is 1. The van der Waals surface area contributed by atoms with Crippen LogP contribution >= 0.6 is 0 Å². The van der Waals surface area contributed by atoms with Crippen LogP contribution in [0.2, 0.25) is 0 Å². The summed E-state index contributed by atoms with van der Waals surface area (Å²) < 4.78 is 0. The zero-order chi connectivity index (χ0) is 16.8. The second kappa shape index (κ2) is 13.2. The highest BCUT2D eigenvalue weighted by Crippen LogP contribution is 2.00. The Morgan fingerprint density at radius 3 is 2.83 bits per heavy atom. The second-order valence-corrected chi connectivity index (χ2v) is 5.60. The highest BCUT2D eigenvalue weighted by Gasteiger charge is 1.99. The van der Waals surface area contributed by atoms with Crippen molar-refractivity contribution in [2.45, 2.75) is 39.7 Å². The summed E-state index contributed by atoms with van der Waals surface area (Å²) in [6.07, 6.45) is 6.82. The van der Waals surface area contributed by atoms with Gasteiger partial charge in [0.15, 0.2) is 0 Å². The van der Waals surface area contributed by atoms with Crippen molar-refractivity contribution in [1.29, 1.82) is 0 Å². The number of unbranched alkanes of at least 4 members (excludes halogenated alkanes) is 1. The zero-order valence-corrected chi connectivity index (χ0v) is 14.7. The molecule has 5 heteroatoms. The molecule has 0 aliphatic rings. The van der Waals surface area contributed by atoms with Crippen molar-refractivity contribution >= 4 is 6.21 Å². The van der Waals surface area contributed by atoms with Crippen LogP contribution in [0.25, 0.3) is 0 Å². The third-order valence-corrected chi connectivity index (χ3v) is 3.80. The molecule has 0 aliphatic carbocycles. The lowest BCUT2D eigenvalue weighted by molar-refractivity contribution is 0.291. The molecular formula is C18H32N4O. The summed E-state index contributed by atoms with van der Waals surface area (Å²) in [4.78, 5) is 11.1. The summed E-state index contributed by atoms with van der Waals surface area (Å²) in [6.45, 7) is 10.6. The van der Waals surface area contributed by atoms with Crippen molar-refractivity contribution in [3.05, 3.63) is 29.6 Å². The normalized spacial score (nSPS) is 11.7. The maximum atomic E-state index is 8.73. The largest absolute Gasteiger partial charge is 0.396 e. The van der Waals surface area contributed by atoms with Crippen LogP contribution in [0.5, 0.6) is 0 Å². The molecule has 0 fully saturated rings. The molecule has 0 unspecified atom stereocenters. The van der Waals surface area contributed by atoms with Gasteiger partial charge in [-0.2, -0.15) is 0 Å². The van der Waals surface area contributed by atoms with E-state index in [0.717, 1.165) is 37.4 Å². The topological polar surface area (TPSA) is 60.8 Å². The van der Waals surface area contributed by atoms with Crippen molar-refractivity contribution in [2.24, 2.45) is 4.99 Å². The van der Waals surface area contributed by atoms with Gasteiger partial charge in [0.1, 0.15) is 0 Å². The number of rotatable bonds is 13. The van der Waals surface area contributed by atoms with Crippen LogP contribution in [0.15, 0.2) is 23.3 Å². The van der Waals surface area contributed by atoms with Crippen molar-refractivity contribution in [2.75, 3.05) is 39.3 Å². The van der Waals surface area contributed by atoms with E-state index in [9.17, 15) is 0 Å². The molecule has 23 heavy (non-hydrogen) atoms. The van der Waals surface area contributed by atoms with E-state index in [2.05, 4.69) is 40.1 Å². The molecule has 130 valence electrons. The molecular weight excluding hydrogens is 288 g/mol. The molecule has 0 aliphatic heterocycles. The van der Waals surface area contributed by atoms with Crippen LogP contribution in [-0.4, -0.2) is 60.5 Å². The maximum Gasteiger partial charge on any atom is 0.0548 e. The molecule has 0 radical (unpaired) electrons. The van der Waals surface area contributed by atoms with Crippen LogP contribution in [0, 0.1) is 0 Å². The molecule has 0 saturated heterocycles. The van der Waals surface area contributed by atoms with E-state index in [1.165, 1.54) is 19.4 Å². The number of aromatic nitrogens is 1. The summed E-state index contributed by atoms with van der Waals surface area (Å²) in [5.41, 5.74) is 2.11. The molecule has 1 aromatic heterocycles. The summed E-state index contributed by atoms with van der Waals surface area (Å²) in [5, 5.41) is 12.2. The van der Waals surface area contributed by atoms with Gasteiger partial charge >= 0.3 is 0 Å². The standard InChI is InChI=1S/C18H32N4O/c1-3-22(4-2)12-6-5-9-20-16-18-14-17(8-11-21-18)15-19-10-7-13-23/h8,11,14-15,20,23H,3-7,9-10,12-13,16H2,1-2H3/b19-15+. The first-order valence-corrected chi connectivity index (χ1v) is 8.78. The summed E-state index contributed by atoms with van der Waals surface area (Å²) in [6, 6.07) is 4.02. The van der Waals surface area contributed by atoms with Crippen molar-refractivity contribution in [3.8, 4) is 0 Å². The van der Waals surface area contributed by atoms with Gasteiger partial charge in [-0.05, 0) is 63.1 Å². The molecule has 0 saturated carbocycles. The average molecular weight is 320 g/mol. The Balaban J connectivity index is 2.21. The Kier molecular flexibility index (Phi) is 11.3. The summed E-state index contributed by atoms with van der Waals surface area (Å²) in [5.74, 6) is 0. The van der Waals surface area contributed by atoms with Gasteiger partial charge in [0, 0.05) is 32.1 Å². The fraction of sp³-hybridized carbons (Fsp3) is 0.667. The lowest BCUT2D eigenvalue weighted by Gasteiger charge is -2.17. The van der Waals surface area contributed by atoms with Gasteiger partial charge in [-0.25, -0.2) is 0 Å². The highest BCUT2D eigenvalue weighted by molar-refractivity contribution is 5.79. The predicted octanol–water partition coefficient (Wildman–Crippen LogP) is 2.09. The van der Waals surface area contributed by atoms with E-state index < -0.39 is 0 Å². The minimum atomic E-state index is 0.192. The number of aliphatic imine (C=N–C) groups is 1. The molecule has 2 N–H and O–H groups in total. The molecule has 0 atom stereocenters. The second-order valence-electron chi connectivity index (χ2n) is 5.60. The zero-order valence-electron chi connectivity index (χ0n) is 14.7. The molecule has 0 amide bonds. The third kappa shape index (κ3) is 9.43. The minimum absolute atomic E-state index is 0.192. The molecule has 0 spiro atoms. The Bertz CT molecular complexity index is 433. The first kappa shape index (κ1) is 19.7. The molecule has 1 rings (SSSR count). The average Bonchev–Trinajstić information content (AvgIpc) is 2.59. The lowest BCUT2D eigenvalue weighted by atomic mass is 10.2. The SMILES string of the molecule is CCN(CC)CCCCNCc1cc(/C=N/CCCO)ccn1. The first-order valence-electron chi connectivity index (χ1n) is 8.78. The number of aliphatic hydroxyl groups is 1. The van der Waals surface area contributed by atoms with Crippen LogP contribution in [0.4, 0.5) is 0 Å². The van der Waals surface area contributed by atoms with Gasteiger partial charge in [-0.1, -0.05) is 13.8 Å². The van der Waals surface area contributed by atoms with Gasteiger partial charge in [0.2, 0.25) is 0 Å². The van der Waals surface area contributed by atoms with E-state index in [4.69, 9.17) is 5.11 Å². The molecule has 0 aromatic carbocycles. The van der Waals surface area contributed by atoms with Crippen molar-refractivity contribution < 1.29 is 5.11 Å². The van der Waals surface area contributed by atoms with Crippen molar-refractivity contribution in [1.82, 2.24) is 15.2 Å². The van der Waals surface area contributed by atoms with Crippen molar-refractivity contribution in [3.63, 3.8) is 0 Å². The maximum absolute atomic E-state index is 8.73. The quantitative estimate of drug-likeness (QED) is 0.432. The summed E-state index contributed by atoms with van der Waals surface area (Å²) >= 11 is 0. The van der Waals surface area contributed by atoms with Gasteiger partial charge in [-0.3, -0.25) is 9.98 Å². The number of nitrogens with zero attached hydrogens (tertiary/aromatic N) is 3. The number of pyridine rings is 1. The Morgan fingerprint density at radius 1 is 1.26 bits per heavy atom.